The van der Waals surface area contributed by atoms with E-state index in [0.717, 1.165) is 5.56 Å². The Hall–Kier alpha value is -3.29. The molecule has 6 nitrogen and oxygen atoms in total. The standard InChI is InChI=1S/C23H18Cl2FN3O3/c1-11(18-16(24)6-7-17(26)19(18)25)32-21-20-14(9-29-22(21)27)15(10-31-20)12-4-3-5-13(8-12)23(30)28-2/h3-11H,1-2H3,(H2,27,29)(H,28,30)/t11-/m1/s1. The second-order valence-corrected chi connectivity index (χ2v) is 7.83. The number of halogens is 3. The summed E-state index contributed by atoms with van der Waals surface area (Å²) in [5, 5.41) is 3.36. The smallest absolute Gasteiger partial charge is 0.251 e. The topological polar surface area (TPSA) is 90.4 Å². The summed E-state index contributed by atoms with van der Waals surface area (Å²) in [6.07, 6.45) is 2.36. The number of benzene rings is 2. The monoisotopic (exact) mass is 473 g/mol. The van der Waals surface area contributed by atoms with Crippen LogP contribution in [-0.2, 0) is 0 Å². The van der Waals surface area contributed by atoms with Crippen LogP contribution in [0.2, 0.25) is 10.0 Å². The highest BCUT2D eigenvalue weighted by Gasteiger charge is 2.23. The van der Waals surface area contributed by atoms with Gasteiger partial charge in [0.15, 0.2) is 11.4 Å². The summed E-state index contributed by atoms with van der Waals surface area (Å²) in [6.45, 7) is 1.67. The molecule has 2 heterocycles. The zero-order valence-electron chi connectivity index (χ0n) is 17.1. The number of amides is 1. The molecule has 0 aliphatic heterocycles. The van der Waals surface area contributed by atoms with Crippen molar-refractivity contribution in [1.29, 1.82) is 0 Å². The molecule has 32 heavy (non-hydrogen) atoms. The Morgan fingerprint density at radius 1 is 1.28 bits per heavy atom. The van der Waals surface area contributed by atoms with E-state index in [2.05, 4.69) is 10.3 Å². The minimum atomic E-state index is -0.745. The first-order valence-electron chi connectivity index (χ1n) is 9.60. The van der Waals surface area contributed by atoms with Crippen LogP contribution in [0.4, 0.5) is 10.2 Å². The number of ether oxygens (including phenoxy) is 1. The quantitative estimate of drug-likeness (QED) is 0.345. The lowest BCUT2D eigenvalue weighted by molar-refractivity contribution is 0.0963. The number of furan rings is 1. The molecular weight excluding hydrogens is 456 g/mol. The van der Waals surface area contributed by atoms with E-state index in [1.807, 2.05) is 6.07 Å². The Kier molecular flexibility index (Phi) is 5.95. The van der Waals surface area contributed by atoms with Gasteiger partial charge in [-0.2, -0.15) is 0 Å². The van der Waals surface area contributed by atoms with Gasteiger partial charge in [-0.1, -0.05) is 35.3 Å². The highest BCUT2D eigenvalue weighted by atomic mass is 35.5. The third-order valence-corrected chi connectivity index (χ3v) is 5.76. The molecule has 0 aliphatic rings. The summed E-state index contributed by atoms with van der Waals surface area (Å²) in [4.78, 5) is 16.2. The van der Waals surface area contributed by atoms with Crippen molar-refractivity contribution in [3.05, 3.63) is 75.8 Å². The van der Waals surface area contributed by atoms with Crippen LogP contribution < -0.4 is 15.8 Å². The van der Waals surface area contributed by atoms with Crippen LogP contribution in [0.1, 0.15) is 28.9 Å². The molecule has 0 radical (unpaired) electrons. The van der Waals surface area contributed by atoms with Crippen LogP contribution in [0.25, 0.3) is 22.1 Å². The van der Waals surface area contributed by atoms with Gasteiger partial charge in [-0.3, -0.25) is 4.79 Å². The number of fused-ring (bicyclic) bond motifs is 1. The summed E-state index contributed by atoms with van der Waals surface area (Å²) >= 11 is 12.3. The van der Waals surface area contributed by atoms with E-state index in [1.165, 1.54) is 18.4 Å². The van der Waals surface area contributed by atoms with Crippen molar-refractivity contribution in [1.82, 2.24) is 10.3 Å². The van der Waals surface area contributed by atoms with Crippen LogP contribution in [0.5, 0.6) is 5.75 Å². The van der Waals surface area contributed by atoms with E-state index < -0.39 is 11.9 Å². The van der Waals surface area contributed by atoms with Crippen molar-refractivity contribution in [2.45, 2.75) is 13.0 Å². The van der Waals surface area contributed by atoms with Gasteiger partial charge in [-0.25, -0.2) is 9.37 Å². The molecule has 164 valence electrons. The van der Waals surface area contributed by atoms with Crippen LogP contribution in [0, 0.1) is 5.82 Å². The second-order valence-electron chi connectivity index (χ2n) is 7.04. The molecule has 0 saturated heterocycles. The number of aromatic nitrogens is 1. The van der Waals surface area contributed by atoms with Crippen LogP contribution in [-0.4, -0.2) is 17.9 Å². The SMILES string of the molecule is CNC(=O)c1cccc(-c2coc3c(O[C@H](C)c4c(Cl)ccc(F)c4Cl)c(N)ncc23)c1. The predicted octanol–water partition coefficient (Wildman–Crippen LogP) is 6.02. The molecule has 4 rings (SSSR count). The molecule has 0 saturated carbocycles. The molecule has 4 aromatic rings. The zero-order valence-corrected chi connectivity index (χ0v) is 18.6. The number of carbonyl (C=O) groups is 1. The van der Waals surface area contributed by atoms with Crippen LogP contribution in [0.3, 0.4) is 0 Å². The van der Waals surface area contributed by atoms with E-state index in [1.54, 1.807) is 38.4 Å². The number of carbonyl (C=O) groups excluding carboxylic acids is 1. The molecule has 1 amide bonds. The summed E-state index contributed by atoms with van der Waals surface area (Å²) in [6, 6.07) is 9.67. The first kappa shape index (κ1) is 21.9. The predicted molar refractivity (Wildman–Crippen MR) is 123 cm³/mol. The molecule has 1 atom stereocenters. The third-order valence-electron chi connectivity index (χ3n) is 5.04. The molecule has 0 fully saturated rings. The Morgan fingerprint density at radius 3 is 2.81 bits per heavy atom. The molecule has 3 N–H and O–H groups in total. The first-order valence-corrected chi connectivity index (χ1v) is 10.4. The largest absolute Gasteiger partial charge is 0.478 e. The fourth-order valence-electron chi connectivity index (χ4n) is 3.44. The van der Waals surface area contributed by atoms with E-state index >= 15 is 0 Å². The second kappa shape index (κ2) is 8.68. The maximum atomic E-state index is 14.0. The van der Waals surface area contributed by atoms with Crippen molar-refractivity contribution in [3.8, 4) is 16.9 Å². The van der Waals surface area contributed by atoms with Crippen LogP contribution >= 0.6 is 23.2 Å². The molecule has 2 aromatic carbocycles. The maximum absolute atomic E-state index is 14.0. The van der Waals surface area contributed by atoms with Crippen molar-refractivity contribution in [2.24, 2.45) is 0 Å². The fraction of sp³-hybridized carbons (Fsp3) is 0.130. The lowest BCUT2D eigenvalue weighted by atomic mass is 10.0. The molecule has 0 unspecified atom stereocenters. The van der Waals surface area contributed by atoms with Gasteiger partial charge in [0.1, 0.15) is 11.9 Å². The Labute approximate surface area is 193 Å². The minimum Gasteiger partial charge on any atom is -0.478 e. The number of hydrogen-bond donors (Lipinski definition) is 2. The summed E-state index contributed by atoms with van der Waals surface area (Å²) < 4.78 is 25.8. The van der Waals surface area contributed by atoms with Gasteiger partial charge in [0.05, 0.1) is 16.7 Å². The van der Waals surface area contributed by atoms with Gasteiger partial charge in [0.25, 0.3) is 5.91 Å². The van der Waals surface area contributed by atoms with Crippen LogP contribution in [0.15, 0.2) is 53.3 Å². The number of rotatable bonds is 5. The average Bonchev–Trinajstić information content (AvgIpc) is 3.22. The zero-order chi connectivity index (χ0) is 23.0. The number of nitrogens with two attached hydrogens (primary N) is 1. The Balaban J connectivity index is 1.77. The molecule has 0 spiro atoms. The number of nitrogens with one attached hydrogen (secondary N) is 1. The van der Waals surface area contributed by atoms with Gasteiger partial charge in [-0.05, 0) is 36.8 Å². The lowest BCUT2D eigenvalue weighted by Crippen LogP contribution is -2.17. The lowest BCUT2D eigenvalue weighted by Gasteiger charge is -2.18. The summed E-state index contributed by atoms with van der Waals surface area (Å²) in [7, 11) is 1.57. The van der Waals surface area contributed by atoms with Crippen molar-refractivity contribution >= 4 is 45.9 Å². The third kappa shape index (κ3) is 3.85. The number of pyridine rings is 1. The molecule has 2 aromatic heterocycles. The molecule has 0 aliphatic carbocycles. The highest BCUT2D eigenvalue weighted by Crippen LogP contribution is 2.41. The van der Waals surface area contributed by atoms with Gasteiger partial charge < -0.3 is 20.2 Å². The number of nitrogens with zero attached hydrogens (tertiary/aromatic N) is 1. The summed E-state index contributed by atoms with van der Waals surface area (Å²) in [5.41, 5.74) is 8.67. The van der Waals surface area contributed by atoms with E-state index in [9.17, 15) is 9.18 Å². The van der Waals surface area contributed by atoms with E-state index in [-0.39, 0.29) is 33.1 Å². The molecule has 0 bridgehead atoms. The number of nitrogen functional groups attached to an aromatic ring is 1. The van der Waals surface area contributed by atoms with Crippen molar-refractivity contribution in [2.75, 3.05) is 12.8 Å². The Bertz CT molecular complexity index is 1340. The normalized spacial score (nSPS) is 12.0. The number of anilines is 1. The van der Waals surface area contributed by atoms with Crippen molar-refractivity contribution < 1.29 is 18.3 Å². The van der Waals surface area contributed by atoms with E-state index in [4.69, 9.17) is 38.1 Å². The van der Waals surface area contributed by atoms with Gasteiger partial charge >= 0.3 is 0 Å². The fourth-order valence-corrected chi connectivity index (χ4v) is 4.12. The van der Waals surface area contributed by atoms with E-state index in [0.29, 0.717) is 22.1 Å². The molecular formula is C23H18Cl2FN3O3. The van der Waals surface area contributed by atoms with Gasteiger partial charge in [-0.15, -0.1) is 0 Å². The maximum Gasteiger partial charge on any atom is 0.251 e. The average molecular weight is 474 g/mol. The molecule has 9 heteroatoms. The van der Waals surface area contributed by atoms with Crippen molar-refractivity contribution in [3.63, 3.8) is 0 Å². The van der Waals surface area contributed by atoms with Gasteiger partial charge in [0, 0.05) is 35.0 Å². The number of hydrogen-bond acceptors (Lipinski definition) is 5. The Morgan fingerprint density at radius 2 is 2.06 bits per heavy atom. The first-order chi connectivity index (χ1) is 15.3. The van der Waals surface area contributed by atoms with Gasteiger partial charge in [0.2, 0.25) is 5.75 Å². The highest BCUT2D eigenvalue weighted by molar-refractivity contribution is 6.36. The minimum absolute atomic E-state index is 0.0907. The summed E-state index contributed by atoms with van der Waals surface area (Å²) in [5.74, 6) is -0.543.